The number of hydrogen-bond acceptors (Lipinski definition) is 6. The van der Waals surface area contributed by atoms with E-state index in [0.717, 1.165) is 0 Å². The third-order valence-corrected chi connectivity index (χ3v) is 6.85. The summed E-state index contributed by atoms with van der Waals surface area (Å²) in [6.45, 7) is 3.85. The minimum Gasteiger partial charge on any atom is -0.489 e. The topological polar surface area (TPSA) is 98.2 Å². The molecule has 0 spiro atoms. The van der Waals surface area contributed by atoms with E-state index >= 15 is 0 Å². The van der Waals surface area contributed by atoms with Gasteiger partial charge in [0, 0.05) is 12.1 Å². The number of anilines is 1. The van der Waals surface area contributed by atoms with Gasteiger partial charge in [-0.25, -0.2) is 18.4 Å². The van der Waals surface area contributed by atoms with Crippen LogP contribution >= 0.6 is 0 Å². The average Bonchev–Trinajstić information content (AvgIpc) is 2.70. The summed E-state index contributed by atoms with van der Waals surface area (Å²) in [5.41, 5.74) is 0. The highest BCUT2D eigenvalue weighted by Crippen LogP contribution is 2.32. The van der Waals surface area contributed by atoms with E-state index in [9.17, 15) is 13.2 Å². The molecule has 0 saturated heterocycles. The predicted molar refractivity (Wildman–Crippen MR) is 106 cm³/mol. The van der Waals surface area contributed by atoms with E-state index in [-0.39, 0.29) is 23.0 Å². The van der Waals surface area contributed by atoms with Crippen LogP contribution in [0.4, 0.5) is 5.82 Å². The monoisotopic (exact) mass is 403 g/mol. The lowest BCUT2D eigenvalue weighted by Gasteiger charge is -2.27. The molecule has 2 heterocycles. The van der Waals surface area contributed by atoms with Gasteiger partial charge in [0.25, 0.3) is 0 Å². The molecular formula is C20H25N3O4S. The van der Waals surface area contributed by atoms with Crippen LogP contribution in [0.3, 0.4) is 0 Å². The van der Waals surface area contributed by atoms with Gasteiger partial charge in [-0.15, -0.1) is 0 Å². The van der Waals surface area contributed by atoms with Gasteiger partial charge in [0.2, 0.25) is 5.91 Å². The summed E-state index contributed by atoms with van der Waals surface area (Å²) in [5.74, 6) is 0.486. The number of carbonyl (C=O) groups is 1. The standard InChI is InChI=1S/C20H25N3O4S/c1-14(2)27-16-9-10-18(22-13-16)23-20(24)15-6-5-7-17(12-15)28(25,26)19-8-3-4-11-21-19/h3-4,8-11,13-15,17H,5-7,12H2,1-2H3,(H,22,23,24). The summed E-state index contributed by atoms with van der Waals surface area (Å²) in [4.78, 5) is 20.8. The van der Waals surface area contributed by atoms with Gasteiger partial charge in [-0.2, -0.15) is 0 Å². The second-order valence-corrected chi connectivity index (χ2v) is 9.41. The Morgan fingerprint density at radius 3 is 2.64 bits per heavy atom. The molecule has 0 aliphatic heterocycles. The summed E-state index contributed by atoms with van der Waals surface area (Å²) in [6, 6.07) is 8.27. The molecule has 2 aromatic rings. The van der Waals surface area contributed by atoms with E-state index < -0.39 is 15.1 Å². The van der Waals surface area contributed by atoms with Crippen LogP contribution in [-0.4, -0.2) is 35.6 Å². The van der Waals surface area contributed by atoms with Crippen LogP contribution < -0.4 is 10.1 Å². The van der Waals surface area contributed by atoms with E-state index in [2.05, 4.69) is 15.3 Å². The zero-order chi connectivity index (χ0) is 20.1. The Hall–Kier alpha value is -2.48. The second-order valence-electron chi connectivity index (χ2n) is 7.23. The van der Waals surface area contributed by atoms with Crippen molar-refractivity contribution in [3.05, 3.63) is 42.7 Å². The van der Waals surface area contributed by atoms with Crippen LogP contribution in [0.25, 0.3) is 0 Å². The number of sulfone groups is 1. The van der Waals surface area contributed by atoms with Gasteiger partial charge in [-0.3, -0.25) is 4.79 Å². The Morgan fingerprint density at radius 2 is 2.00 bits per heavy atom. The van der Waals surface area contributed by atoms with Gasteiger partial charge in [0.15, 0.2) is 14.9 Å². The number of amides is 1. The summed E-state index contributed by atoms with van der Waals surface area (Å²) in [6.07, 6.45) is 5.25. The summed E-state index contributed by atoms with van der Waals surface area (Å²) >= 11 is 0. The highest BCUT2D eigenvalue weighted by Gasteiger charge is 2.36. The third-order valence-electron chi connectivity index (χ3n) is 4.72. The zero-order valence-electron chi connectivity index (χ0n) is 16.0. The fourth-order valence-corrected chi connectivity index (χ4v) is 5.16. The zero-order valence-corrected chi connectivity index (χ0v) is 16.9. The molecule has 0 aromatic carbocycles. The van der Waals surface area contributed by atoms with Crippen LogP contribution in [0.15, 0.2) is 47.8 Å². The summed E-state index contributed by atoms with van der Waals surface area (Å²) in [5, 5.41) is 2.26. The normalized spacial score (nSPS) is 20.0. The number of ether oxygens (including phenoxy) is 1. The fourth-order valence-electron chi connectivity index (χ4n) is 3.38. The van der Waals surface area contributed by atoms with Crippen molar-refractivity contribution in [2.45, 2.75) is 55.9 Å². The summed E-state index contributed by atoms with van der Waals surface area (Å²) in [7, 11) is -3.54. The maximum absolute atomic E-state index is 12.8. The third kappa shape index (κ3) is 4.86. The van der Waals surface area contributed by atoms with Crippen LogP contribution in [0.5, 0.6) is 5.75 Å². The van der Waals surface area contributed by atoms with Gasteiger partial charge in [0.1, 0.15) is 11.6 Å². The fraction of sp³-hybridized carbons (Fsp3) is 0.450. The number of hydrogen-bond donors (Lipinski definition) is 1. The van der Waals surface area contributed by atoms with Gasteiger partial charge in [-0.1, -0.05) is 12.5 Å². The molecule has 1 N–H and O–H groups in total. The van der Waals surface area contributed by atoms with E-state index in [1.807, 2.05) is 13.8 Å². The van der Waals surface area contributed by atoms with E-state index in [1.54, 1.807) is 30.5 Å². The largest absolute Gasteiger partial charge is 0.489 e. The number of nitrogens with one attached hydrogen (secondary N) is 1. The molecule has 1 aliphatic carbocycles. The molecule has 0 bridgehead atoms. The smallest absolute Gasteiger partial charge is 0.228 e. The van der Waals surface area contributed by atoms with Crippen molar-refractivity contribution in [1.82, 2.24) is 9.97 Å². The maximum Gasteiger partial charge on any atom is 0.228 e. The minimum absolute atomic E-state index is 0.0440. The highest BCUT2D eigenvalue weighted by molar-refractivity contribution is 7.92. The molecule has 2 aromatic heterocycles. The highest BCUT2D eigenvalue weighted by atomic mass is 32.2. The lowest BCUT2D eigenvalue weighted by molar-refractivity contribution is -0.120. The van der Waals surface area contributed by atoms with Gasteiger partial charge >= 0.3 is 0 Å². The molecule has 0 radical (unpaired) electrons. The molecule has 3 rings (SSSR count). The van der Waals surface area contributed by atoms with Gasteiger partial charge in [-0.05, 0) is 57.4 Å². The first-order valence-electron chi connectivity index (χ1n) is 9.45. The quantitative estimate of drug-likeness (QED) is 0.795. The number of pyridine rings is 2. The van der Waals surface area contributed by atoms with Crippen molar-refractivity contribution in [3.8, 4) is 5.75 Å². The van der Waals surface area contributed by atoms with Gasteiger partial charge in [0.05, 0.1) is 17.6 Å². The number of aromatic nitrogens is 2. The Bertz CT molecular complexity index is 899. The molecule has 8 heteroatoms. The van der Waals surface area contributed by atoms with Crippen molar-refractivity contribution < 1.29 is 17.9 Å². The molecule has 150 valence electrons. The molecule has 7 nitrogen and oxygen atoms in total. The first kappa shape index (κ1) is 20.3. The average molecular weight is 404 g/mol. The van der Waals surface area contributed by atoms with Crippen LogP contribution in [0.2, 0.25) is 0 Å². The molecule has 2 unspecified atom stereocenters. The maximum atomic E-state index is 12.8. The van der Waals surface area contributed by atoms with Crippen LogP contribution in [-0.2, 0) is 14.6 Å². The lowest BCUT2D eigenvalue weighted by Crippen LogP contribution is -2.34. The SMILES string of the molecule is CC(C)Oc1ccc(NC(=O)C2CCCC(S(=O)(=O)c3ccccn3)C2)nc1. The van der Waals surface area contributed by atoms with Crippen molar-refractivity contribution in [2.75, 3.05) is 5.32 Å². The van der Waals surface area contributed by atoms with Crippen molar-refractivity contribution in [1.29, 1.82) is 0 Å². The number of rotatable bonds is 6. The molecular weight excluding hydrogens is 378 g/mol. The first-order valence-corrected chi connectivity index (χ1v) is 11.0. The van der Waals surface area contributed by atoms with E-state index in [1.165, 1.54) is 12.3 Å². The number of nitrogens with zero attached hydrogens (tertiary/aromatic N) is 2. The molecule has 28 heavy (non-hydrogen) atoms. The Labute approximate surface area is 165 Å². The van der Waals surface area contributed by atoms with Crippen molar-refractivity contribution in [3.63, 3.8) is 0 Å². The summed E-state index contributed by atoms with van der Waals surface area (Å²) < 4.78 is 31.2. The molecule has 1 aliphatic rings. The Kier molecular flexibility index (Phi) is 6.28. The molecule has 1 fully saturated rings. The van der Waals surface area contributed by atoms with E-state index in [0.29, 0.717) is 37.3 Å². The van der Waals surface area contributed by atoms with Crippen LogP contribution in [0.1, 0.15) is 39.5 Å². The van der Waals surface area contributed by atoms with Crippen molar-refractivity contribution >= 4 is 21.6 Å². The second kappa shape index (κ2) is 8.68. The first-order chi connectivity index (χ1) is 13.4. The van der Waals surface area contributed by atoms with Crippen LogP contribution in [0, 0.1) is 5.92 Å². The molecule has 2 atom stereocenters. The minimum atomic E-state index is -3.54. The Morgan fingerprint density at radius 1 is 1.18 bits per heavy atom. The Balaban J connectivity index is 1.64. The number of carbonyl (C=O) groups excluding carboxylic acids is 1. The molecule has 1 amide bonds. The lowest BCUT2D eigenvalue weighted by atomic mass is 9.88. The predicted octanol–water partition coefficient (Wildman–Crippen LogP) is 3.24. The molecule has 1 saturated carbocycles. The van der Waals surface area contributed by atoms with Crippen molar-refractivity contribution in [2.24, 2.45) is 5.92 Å². The van der Waals surface area contributed by atoms with E-state index in [4.69, 9.17) is 4.74 Å². The van der Waals surface area contributed by atoms with Gasteiger partial charge < -0.3 is 10.1 Å².